The van der Waals surface area contributed by atoms with E-state index >= 15 is 0 Å². The molecule has 48 heavy (non-hydrogen) atoms. The van der Waals surface area contributed by atoms with Crippen LogP contribution in [0.5, 0.6) is 0 Å². The van der Waals surface area contributed by atoms with E-state index in [9.17, 15) is 25.5 Å². The van der Waals surface area contributed by atoms with Crippen LogP contribution in [0.3, 0.4) is 0 Å². The number of rotatable bonds is 32. The van der Waals surface area contributed by atoms with Crippen molar-refractivity contribution in [1.82, 2.24) is 10.6 Å². The van der Waals surface area contributed by atoms with Crippen molar-refractivity contribution in [3.8, 4) is 0 Å². The molecule has 0 aromatic carbocycles. The maximum Gasteiger partial charge on any atom is 0.111 e. The molecule has 0 aromatic rings. The Morgan fingerprint density at radius 2 is 1.10 bits per heavy atom. The van der Waals surface area contributed by atoms with Crippen LogP contribution in [0, 0.1) is 0 Å². The Morgan fingerprint density at radius 3 is 1.54 bits per heavy atom. The minimum atomic E-state index is -1.28. The van der Waals surface area contributed by atoms with Crippen LogP contribution in [0.4, 0.5) is 0 Å². The molecule has 1 aliphatic rings. The Morgan fingerprint density at radius 1 is 0.667 bits per heavy atom. The van der Waals surface area contributed by atoms with E-state index in [1.807, 2.05) is 6.92 Å². The van der Waals surface area contributed by atoms with Crippen molar-refractivity contribution in [2.45, 2.75) is 230 Å². The fraction of sp³-hybridized carbons (Fsp3) is 0.925. The van der Waals surface area contributed by atoms with Gasteiger partial charge in [-0.25, -0.2) is 0 Å². The first-order valence-electron chi connectivity index (χ1n) is 20.4. The van der Waals surface area contributed by atoms with E-state index in [4.69, 9.17) is 12.2 Å². The molecule has 7 N–H and O–H groups in total. The first-order chi connectivity index (χ1) is 23.3. The maximum absolute atomic E-state index is 10.9. The number of hydrogen-bond donors (Lipinski definition) is 7. The normalized spacial score (nSPS) is 21.6. The second kappa shape index (κ2) is 31.2. The SMILES string of the molecule is CCCCCCCCCCCCCCCCCCCCCCCCCC(=S)NC(CNC1CC=CC(O)C(O)C1O)C(O)CC(O)CC. The highest BCUT2D eigenvalue weighted by Gasteiger charge is 2.33. The number of nitrogens with one attached hydrogen (secondary N) is 2. The Kier molecular flexibility index (Phi) is 29.5. The second-order valence-electron chi connectivity index (χ2n) is 14.7. The molecule has 0 radical (unpaired) electrons. The van der Waals surface area contributed by atoms with E-state index in [-0.39, 0.29) is 6.42 Å². The van der Waals surface area contributed by atoms with Crippen molar-refractivity contribution in [3.63, 3.8) is 0 Å². The largest absolute Gasteiger partial charge is 0.393 e. The third kappa shape index (κ3) is 23.7. The van der Waals surface area contributed by atoms with Crippen molar-refractivity contribution in [3.05, 3.63) is 12.2 Å². The van der Waals surface area contributed by atoms with Crippen molar-refractivity contribution in [2.24, 2.45) is 0 Å². The molecule has 0 saturated heterocycles. The Labute approximate surface area is 301 Å². The third-order valence-electron chi connectivity index (χ3n) is 10.2. The summed E-state index contributed by atoms with van der Waals surface area (Å²) >= 11 is 5.63. The Bertz CT molecular complexity index is 772. The van der Waals surface area contributed by atoms with Crippen LogP contribution in [0.1, 0.15) is 187 Å². The molecular formula is C40H78N2O5S. The van der Waals surface area contributed by atoms with Gasteiger partial charge in [0.05, 0.1) is 29.3 Å². The quantitative estimate of drug-likeness (QED) is 0.0213. The lowest BCUT2D eigenvalue weighted by Gasteiger charge is -2.31. The van der Waals surface area contributed by atoms with Crippen LogP contribution < -0.4 is 10.6 Å². The van der Waals surface area contributed by atoms with E-state index in [0.717, 1.165) is 19.3 Å². The molecule has 0 amide bonds. The smallest absolute Gasteiger partial charge is 0.111 e. The summed E-state index contributed by atoms with van der Waals surface area (Å²) in [7, 11) is 0. The molecule has 0 aliphatic heterocycles. The fourth-order valence-corrected chi connectivity index (χ4v) is 7.08. The lowest BCUT2D eigenvalue weighted by Crippen LogP contribution is -2.55. The zero-order chi connectivity index (χ0) is 35.2. The molecule has 0 heterocycles. The summed E-state index contributed by atoms with van der Waals surface area (Å²) in [5, 5.41) is 58.1. The second-order valence-corrected chi connectivity index (χ2v) is 15.2. The van der Waals surface area contributed by atoms with Gasteiger partial charge < -0.3 is 36.2 Å². The summed E-state index contributed by atoms with van der Waals surface area (Å²) in [6.07, 6.45) is 31.7. The summed E-state index contributed by atoms with van der Waals surface area (Å²) < 4.78 is 0. The first kappa shape index (κ1) is 45.4. The standard InChI is InChI=1S/C40H78N2O5S/c1-3-5-6-7-8-9-10-11-12-13-14-15-16-17-18-19-20-21-22-23-24-25-26-30-38(48)42-35(37(45)31-33(43)4-2)32-41-34-28-27-29-36(44)40(47)39(34)46/h27,29,33-37,39-41,43-47H,3-26,28,30-32H2,1-2H3,(H,42,48). The average molecular weight is 699 g/mol. The zero-order valence-electron chi connectivity index (χ0n) is 31.1. The molecule has 7 atom stereocenters. The van der Waals surface area contributed by atoms with E-state index in [2.05, 4.69) is 17.6 Å². The lowest BCUT2D eigenvalue weighted by atomic mass is 9.99. The van der Waals surface area contributed by atoms with Gasteiger partial charge in [0, 0.05) is 19.0 Å². The van der Waals surface area contributed by atoms with Crippen LogP contribution in [0.2, 0.25) is 0 Å². The van der Waals surface area contributed by atoms with Gasteiger partial charge >= 0.3 is 0 Å². The van der Waals surface area contributed by atoms with Crippen LogP contribution >= 0.6 is 12.2 Å². The minimum absolute atomic E-state index is 0.229. The average Bonchev–Trinajstić information content (AvgIpc) is 3.19. The lowest BCUT2D eigenvalue weighted by molar-refractivity contribution is -0.0531. The van der Waals surface area contributed by atoms with E-state index in [1.165, 1.54) is 141 Å². The highest BCUT2D eigenvalue weighted by atomic mass is 32.1. The predicted molar refractivity (Wildman–Crippen MR) is 206 cm³/mol. The van der Waals surface area contributed by atoms with Crippen molar-refractivity contribution >= 4 is 17.2 Å². The zero-order valence-corrected chi connectivity index (χ0v) is 32.0. The molecule has 7 nitrogen and oxygen atoms in total. The number of aliphatic hydroxyl groups is 5. The Balaban J connectivity index is 2.06. The van der Waals surface area contributed by atoms with Gasteiger partial charge in [-0.05, 0) is 25.7 Å². The molecule has 284 valence electrons. The van der Waals surface area contributed by atoms with E-state index in [0.29, 0.717) is 24.4 Å². The third-order valence-corrected chi connectivity index (χ3v) is 10.6. The Hall–Kier alpha value is -0.610. The van der Waals surface area contributed by atoms with Gasteiger partial charge in [0.25, 0.3) is 0 Å². The van der Waals surface area contributed by atoms with Crippen LogP contribution in [0.25, 0.3) is 0 Å². The fourth-order valence-electron chi connectivity index (χ4n) is 6.78. The molecule has 1 rings (SSSR count). The van der Waals surface area contributed by atoms with E-state index < -0.39 is 42.6 Å². The maximum atomic E-state index is 10.9. The van der Waals surface area contributed by atoms with Gasteiger partial charge in [-0.3, -0.25) is 0 Å². The van der Waals surface area contributed by atoms with Gasteiger partial charge in [-0.15, -0.1) is 0 Å². The summed E-state index contributed by atoms with van der Waals surface area (Å²) in [4.78, 5) is 0.701. The molecule has 0 spiro atoms. The molecular weight excluding hydrogens is 621 g/mol. The van der Waals surface area contributed by atoms with Crippen molar-refractivity contribution < 1.29 is 25.5 Å². The monoisotopic (exact) mass is 699 g/mol. The van der Waals surface area contributed by atoms with Crippen LogP contribution in [-0.2, 0) is 0 Å². The predicted octanol–water partition coefficient (Wildman–Crippen LogP) is 8.18. The van der Waals surface area contributed by atoms with Crippen molar-refractivity contribution in [2.75, 3.05) is 6.54 Å². The summed E-state index contributed by atoms with van der Waals surface area (Å²) in [6.45, 7) is 4.47. The highest BCUT2D eigenvalue weighted by molar-refractivity contribution is 7.80. The van der Waals surface area contributed by atoms with E-state index in [1.54, 1.807) is 6.08 Å². The molecule has 0 aromatic heterocycles. The first-order valence-corrected chi connectivity index (χ1v) is 20.8. The topological polar surface area (TPSA) is 125 Å². The summed E-state index contributed by atoms with van der Waals surface area (Å²) in [5.41, 5.74) is 0. The minimum Gasteiger partial charge on any atom is -0.393 e. The highest BCUT2D eigenvalue weighted by Crippen LogP contribution is 2.17. The van der Waals surface area contributed by atoms with Gasteiger partial charge in [0.1, 0.15) is 12.2 Å². The number of aliphatic hydroxyl groups excluding tert-OH is 5. The molecule has 7 unspecified atom stereocenters. The molecule has 1 aliphatic carbocycles. The van der Waals surface area contributed by atoms with Crippen molar-refractivity contribution in [1.29, 1.82) is 0 Å². The van der Waals surface area contributed by atoms with Gasteiger partial charge in [0.2, 0.25) is 0 Å². The van der Waals surface area contributed by atoms with Gasteiger partial charge in [0.15, 0.2) is 0 Å². The van der Waals surface area contributed by atoms with Gasteiger partial charge in [-0.2, -0.15) is 0 Å². The molecule has 0 bridgehead atoms. The van der Waals surface area contributed by atoms with Crippen LogP contribution in [0.15, 0.2) is 12.2 Å². The summed E-state index contributed by atoms with van der Waals surface area (Å²) in [5.74, 6) is 0. The number of unbranched alkanes of at least 4 members (excludes halogenated alkanes) is 22. The number of hydrogen-bond acceptors (Lipinski definition) is 7. The number of thiocarbonyl (C=S) groups is 1. The van der Waals surface area contributed by atoms with Crippen LogP contribution in [-0.4, -0.2) is 79.7 Å². The molecule has 0 saturated carbocycles. The molecule has 8 heteroatoms. The van der Waals surface area contributed by atoms with Gasteiger partial charge in [-0.1, -0.05) is 179 Å². The summed E-state index contributed by atoms with van der Waals surface area (Å²) in [6, 6.07) is -0.914. The molecule has 0 fully saturated rings.